The van der Waals surface area contributed by atoms with E-state index in [0.29, 0.717) is 22.8 Å². The maximum absolute atomic E-state index is 12.7. The molecule has 0 bridgehead atoms. The highest BCUT2D eigenvalue weighted by Crippen LogP contribution is 2.31. The van der Waals surface area contributed by atoms with Crippen LogP contribution in [0.1, 0.15) is 22.5 Å². The summed E-state index contributed by atoms with van der Waals surface area (Å²) in [5.74, 6) is 1.19. The normalized spacial score (nSPS) is 10.3. The Morgan fingerprint density at radius 3 is 1.33 bits per heavy atom. The van der Waals surface area contributed by atoms with Gasteiger partial charge in [-0.25, -0.2) is 19.9 Å². The highest BCUT2D eigenvalue weighted by Gasteiger charge is 2.18. The summed E-state index contributed by atoms with van der Waals surface area (Å²) in [5, 5.41) is 31.8. The van der Waals surface area contributed by atoms with E-state index in [1.54, 1.807) is 52.9 Å². The number of anilines is 4. The van der Waals surface area contributed by atoms with Gasteiger partial charge < -0.3 is 48.1 Å². The number of aryl methyl sites for hydroxylation is 2. The first kappa shape index (κ1) is 73.6. The molecule has 6 aromatic heterocycles. The molecule has 14 rings (SSSR count). The van der Waals surface area contributed by atoms with Crippen molar-refractivity contribution < 1.29 is 29.0 Å². The molecule has 0 saturated heterocycles. The number of amides is 4. The van der Waals surface area contributed by atoms with Crippen LogP contribution in [-0.4, -0.2) is 101 Å². The Kier molecular flexibility index (Phi) is 26.1. The molecule has 102 heavy (non-hydrogen) atoms. The third-order valence-electron chi connectivity index (χ3n) is 16.2. The largest absolute Gasteiger partial charge is 0.507 e. The van der Waals surface area contributed by atoms with E-state index in [0.717, 1.165) is 50.1 Å². The van der Waals surface area contributed by atoms with Crippen LogP contribution in [-0.2, 0) is 38.8 Å². The molecule has 20 nitrogen and oxygen atoms in total. The highest BCUT2D eigenvalue weighted by molar-refractivity contribution is 9.09. The van der Waals surface area contributed by atoms with Gasteiger partial charge in [0.1, 0.15) is 72.5 Å². The van der Waals surface area contributed by atoms with E-state index < -0.39 is 0 Å². The van der Waals surface area contributed by atoms with Crippen molar-refractivity contribution in [3.8, 4) is 29.5 Å². The molecule has 0 aliphatic rings. The quantitative estimate of drug-likeness (QED) is 0.0809. The zero-order valence-corrected chi connectivity index (χ0v) is 59.1. The molecule has 0 radical (unpaired) electrons. The fourth-order valence-electron chi connectivity index (χ4n) is 10.5. The van der Waals surface area contributed by atoms with E-state index >= 15 is 0 Å². The van der Waals surface area contributed by atoms with Crippen LogP contribution in [0.3, 0.4) is 0 Å². The number of nitrogens with one attached hydrogen (secondary N) is 1. The lowest BCUT2D eigenvalue weighted by Crippen LogP contribution is -2.29. The topological polar surface area (TPSA) is 240 Å². The zero-order valence-electron chi connectivity index (χ0n) is 56.8. The molecule has 8 aromatic carbocycles. The third kappa shape index (κ3) is 19.6. The van der Waals surface area contributed by atoms with Crippen molar-refractivity contribution in [3.63, 3.8) is 0 Å². The summed E-state index contributed by atoms with van der Waals surface area (Å²) in [7, 11) is 7.11. The molecular formula is C80H72BrClN14O6. The number of likely N-dealkylation sites (N-methyl/N-ethyl adjacent to an activating group) is 3. The molecule has 0 aliphatic heterocycles. The Hall–Kier alpha value is -12.7. The maximum atomic E-state index is 12.7. The molecule has 0 atom stereocenters. The predicted octanol–water partition coefficient (Wildman–Crippen LogP) is 15.9. The molecule has 14 aromatic rings. The van der Waals surface area contributed by atoms with Gasteiger partial charge in [-0.15, -0.1) is 0 Å². The fraction of sp³-hybridized carbons (Fsp3) is 0.125. The van der Waals surface area contributed by atoms with Crippen LogP contribution < -0.4 is 24.3 Å². The van der Waals surface area contributed by atoms with Crippen LogP contribution in [0.15, 0.2) is 268 Å². The van der Waals surface area contributed by atoms with Crippen LogP contribution in [0.25, 0.3) is 43.6 Å². The lowest BCUT2D eigenvalue weighted by molar-refractivity contribution is -0.119. The molecule has 6 heterocycles. The minimum atomic E-state index is -0.0329. The standard InChI is InChI=1S/C22H17N5O2.C18H18N2O.C17H16N2O2.C9H10BrNO.C9H9N.C5H2ClN3/c1-26(17-6-3-2-4-7-17)22(28)14-27-11-10-18-19(27)8-5-9-20(18)29-21-12-16(13-23)24-15-25-21;1-14-7-6-10-17-16(14)11-12-20(17)13-18(21)19(2)15-8-4-3-5-9-15;1-18(13-6-3-2-4-7-13)17(21)12-19-11-10-14-15(19)8-5-9-16(14)20;1-11(9(12)7-10)8-5-3-2-4-6-8;1-7-3-2-4-9-8(7)5-6-10-9;6-5-1-4(2-7)8-3-9-5/h2-12,15H,14H2,1H3;3-12H,13H2,1-2H3;2-11,20H,12H2,1H3;2-6H,7H2,1H3;2-6,10H,1H3;1,3H. The van der Waals surface area contributed by atoms with Gasteiger partial charge in [0, 0.05) is 120 Å². The zero-order chi connectivity index (χ0) is 72.5. The van der Waals surface area contributed by atoms with Crippen LogP contribution in [0, 0.1) is 36.5 Å². The van der Waals surface area contributed by atoms with Crippen molar-refractivity contribution >= 4 is 118 Å². The summed E-state index contributed by atoms with van der Waals surface area (Å²) in [6.45, 7) is 4.99. The number of alkyl halides is 1. The Bertz CT molecular complexity index is 5070. The Morgan fingerprint density at radius 2 is 0.873 bits per heavy atom. The van der Waals surface area contributed by atoms with Crippen LogP contribution in [0.5, 0.6) is 17.4 Å². The number of ether oxygens (including phenoxy) is 1. The van der Waals surface area contributed by atoms with E-state index in [-0.39, 0.29) is 59.7 Å². The van der Waals surface area contributed by atoms with Crippen LogP contribution in [0.2, 0.25) is 5.15 Å². The SMILES string of the molecule is CN(C(=O)CBr)c1ccccc1.CN(C(=O)Cn1ccc2c(O)cccc21)c1ccccc1.CN(C(=O)Cn1ccc2c(Oc3cc(C#N)ncn3)cccc21)c1ccccc1.Cc1cccc2[nH]ccc12.Cc1cccc2c1ccn2CC(=O)N(C)c1ccccc1.N#Cc1cc(Cl)ncn1. The smallest absolute Gasteiger partial charge is 0.246 e. The number of nitrogens with zero attached hydrogens (tertiary/aromatic N) is 13. The molecule has 0 spiro atoms. The van der Waals surface area contributed by atoms with Crippen molar-refractivity contribution in [2.45, 2.75) is 33.5 Å². The van der Waals surface area contributed by atoms with Gasteiger partial charge in [-0.1, -0.05) is 137 Å². The van der Waals surface area contributed by atoms with Crippen LogP contribution >= 0.6 is 27.5 Å². The molecule has 22 heteroatoms. The summed E-state index contributed by atoms with van der Waals surface area (Å²) in [6.07, 6.45) is 10.2. The van der Waals surface area contributed by atoms with Crippen molar-refractivity contribution in [2.24, 2.45) is 0 Å². The molecule has 0 saturated carbocycles. The predicted molar refractivity (Wildman–Crippen MR) is 407 cm³/mol. The Balaban J connectivity index is 0.000000149. The van der Waals surface area contributed by atoms with Crippen molar-refractivity contribution in [2.75, 3.05) is 53.1 Å². The number of hydrogen-bond donors (Lipinski definition) is 2. The lowest BCUT2D eigenvalue weighted by Gasteiger charge is -2.18. The number of halogens is 2. The van der Waals surface area contributed by atoms with Gasteiger partial charge in [0.25, 0.3) is 0 Å². The number of phenolic OH excluding ortho intramolecular Hbond substituents is 1. The number of benzene rings is 8. The monoisotopic (exact) mass is 1440 g/mol. The third-order valence-corrected chi connectivity index (χ3v) is 16.9. The number of aromatic amines is 1. The number of nitriles is 2. The summed E-state index contributed by atoms with van der Waals surface area (Å²) >= 11 is 8.54. The van der Waals surface area contributed by atoms with E-state index in [1.807, 2.05) is 221 Å². The maximum Gasteiger partial charge on any atom is 0.246 e. The molecule has 0 fully saturated rings. The number of H-pyrrole nitrogens is 1. The van der Waals surface area contributed by atoms with Gasteiger partial charge in [-0.3, -0.25) is 19.2 Å². The number of carbonyl (C=O) groups is 4. The van der Waals surface area contributed by atoms with E-state index in [4.69, 9.17) is 26.9 Å². The van der Waals surface area contributed by atoms with Gasteiger partial charge in [-0.2, -0.15) is 10.5 Å². The number of para-hydroxylation sites is 4. The average molecular weight is 1440 g/mol. The summed E-state index contributed by atoms with van der Waals surface area (Å²) in [5.41, 5.74) is 10.7. The summed E-state index contributed by atoms with van der Waals surface area (Å²) in [4.78, 5) is 73.6. The number of aromatic hydroxyl groups is 1. The van der Waals surface area contributed by atoms with Crippen molar-refractivity contribution in [3.05, 3.63) is 296 Å². The second kappa shape index (κ2) is 36.2. The van der Waals surface area contributed by atoms with Gasteiger partial charge in [0.2, 0.25) is 29.5 Å². The molecule has 512 valence electrons. The molecule has 4 amide bonds. The first-order valence-electron chi connectivity index (χ1n) is 32.0. The Morgan fingerprint density at radius 1 is 0.471 bits per heavy atom. The first-order chi connectivity index (χ1) is 49.4. The molecule has 0 aliphatic carbocycles. The number of rotatable bonds is 13. The number of phenols is 1. The first-order valence-corrected chi connectivity index (χ1v) is 33.5. The van der Waals surface area contributed by atoms with Gasteiger partial charge in [0.05, 0.1) is 16.4 Å². The number of hydrogen-bond acceptors (Lipinski definition) is 12. The second-order valence-electron chi connectivity index (χ2n) is 22.8. The highest BCUT2D eigenvalue weighted by atomic mass is 79.9. The van der Waals surface area contributed by atoms with E-state index in [9.17, 15) is 24.3 Å². The second-order valence-corrected chi connectivity index (χ2v) is 23.8. The lowest BCUT2D eigenvalue weighted by atomic mass is 10.1. The van der Waals surface area contributed by atoms with Gasteiger partial charge >= 0.3 is 0 Å². The van der Waals surface area contributed by atoms with E-state index in [2.05, 4.69) is 97.2 Å². The summed E-state index contributed by atoms with van der Waals surface area (Å²) < 4.78 is 11.6. The number of carbonyl (C=O) groups excluding carboxylic acids is 4. The van der Waals surface area contributed by atoms with Crippen molar-refractivity contribution in [1.82, 2.24) is 38.6 Å². The molecule has 2 N–H and O–H groups in total. The van der Waals surface area contributed by atoms with E-state index in [1.165, 1.54) is 52.2 Å². The number of aromatic nitrogens is 8. The minimum Gasteiger partial charge on any atom is -0.507 e. The van der Waals surface area contributed by atoms with Gasteiger partial charge in [-0.05, 0) is 134 Å². The van der Waals surface area contributed by atoms with Crippen molar-refractivity contribution in [1.29, 1.82) is 10.5 Å². The minimum absolute atomic E-state index is 0.0120. The Labute approximate surface area is 603 Å². The van der Waals surface area contributed by atoms with Crippen LogP contribution in [0.4, 0.5) is 22.7 Å². The molecular weight excluding hydrogens is 1370 g/mol. The number of fused-ring (bicyclic) bond motifs is 4. The van der Waals surface area contributed by atoms with Gasteiger partial charge in [0.15, 0.2) is 0 Å². The summed E-state index contributed by atoms with van der Waals surface area (Å²) in [6, 6.07) is 76.2. The average Bonchev–Trinajstić information content (AvgIpc) is 1.66. The fourth-order valence-corrected chi connectivity index (χ4v) is 11.0. The molecule has 0 unspecified atom stereocenters.